The van der Waals surface area contributed by atoms with E-state index in [1.54, 1.807) is 6.07 Å². The van der Waals surface area contributed by atoms with Crippen molar-refractivity contribution < 1.29 is 9.72 Å². The van der Waals surface area contributed by atoms with Crippen LogP contribution in [0.5, 0.6) is 0 Å². The number of hydrazine groups is 1. The van der Waals surface area contributed by atoms with Crippen molar-refractivity contribution in [2.45, 2.75) is 0 Å². The molecule has 8 heteroatoms. The summed E-state index contributed by atoms with van der Waals surface area (Å²) in [6, 6.07) is 6.88. The second-order valence-electron chi connectivity index (χ2n) is 3.46. The fraction of sp³-hybridized carbons (Fsp3) is 0. The van der Waals surface area contributed by atoms with E-state index >= 15 is 0 Å². The van der Waals surface area contributed by atoms with Gasteiger partial charge in [0.2, 0.25) is 5.95 Å². The summed E-state index contributed by atoms with van der Waals surface area (Å²) in [5.74, 6) is -0.194. The Kier molecular flexibility index (Phi) is 3.62. The molecular weight excluding hydrogens is 250 g/mol. The third-order valence-electron chi connectivity index (χ3n) is 2.19. The molecule has 0 spiro atoms. The van der Waals surface area contributed by atoms with Crippen molar-refractivity contribution in [2.24, 2.45) is 0 Å². The normalized spacial score (nSPS) is 9.68. The highest BCUT2D eigenvalue weighted by molar-refractivity contribution is 5.94. The number of nitrogens with zero attached hydrogens (tertiary/aromatic N) is 3. The molecule has 0 radical (unpaired) electrons. The summed E-state index contributed by atoms with van der Waals surface area (Å²) in [5, 5.41) is 10.5. The maximum Gasteiger partial charge on any atom is 0.269 e. The van der Waals surface area contributed by atoms with E-state index in [0.29, 0.717) is 0 Å². The zero-order valence-corrected chi connectivity index (χ0v) is 9.61. The first-order chi connectivity index (χ1) is 9.16. The number of nitro groups is 1. The van der Waals surface area contributed by atoms with Crippen molar-refractivity contribution >= 4 is 17.5 Å². The zero-order valence-electron chi connectivity index (χ0n) is 9.61. The first-order valence-electron chi connectivity index (χ1n) is 5.24. The number of hydrogen-bond donors (Lipinski definition) is 2. The summed E-state index contributed by atoms with van der Waals surface area (Å²) in [7, 11) is 0. The van der Waals surface area contributed by atoms with Gasteiger partial charge in [-0.2, -0.15) is 0 Å². The summed E-state index contributed by atoms with van der Waals surface area (Å²) in [6.45, 7) is 0. The lowest BCUT2D eigenvalue weighted by molar-refractivity contribution is -0.384. The molecule has 2 rings (SSSR count). The summed E-state index contributed by atoms with van der Waals surface area (Å²) in [5.41, 5.74) is 5.12. The lowest BCUT2D eigenvalue weighted by Crippen LogP contribution is -2.30. The molecule has 0 aliphatic rings. The zero-order chi connectivity index (χ0) is 13.7. The maximum atomic E-state index is 11.7. The van der Waals surface area contributed by atoms with E-state index in [4.69, 9.17) is 0 Å². The molecule has 8 nitrogen and oxygen atoms in total. The minimum absolute atomic E-state index is 0.0732. The molecule has 1 heterocycles. The number of anilines is 1. The average Bonchev–Trinajstić information content (AvgIpc) is 2.46. The number of benzene rings is 1. The third-order valence-corrected chi connectivity index (χ3v) is 2.19. The number of non-ortho nitro benzene ring substituents is 1. The van der Waals surface area contributed by atoms with E-state index in [0.717, 1.165) is 0 Å². The highest BCUT2D eigenvalue weighted by atomic mass is 16.6. The summed E-state index contributed by atoms with van der Waals surface area (Å²) < 4.78 is 0. The molecule has 19 heavy (non-hydrogen) atoms. The van der Waals surface area contributed by atoms with Crippen LogP contribution in [0, 0.1) is 10.1 Å². The Morgan fingerprint density at radius 2 is 1.79 bits per heavy atom. The Morgan fingerprint density at radius 1 is 1.16 bits per heavy atom. The van der Waals surface area contributed by atoms with Crippen molar-refractivity contribution in [1.29, 1.82) is 0 Å². The number of aromatic nitrogens is 2. The number of nitro benzene ring substituents is 1. The van der Waals surface area contributed by atoms with Gasteiger partial charge in [-0.25, -0.2) is 9.97 Å². The fourth-order valence-electron chi connectivity index (χ4n) is 1.28. The minimum Gasteiger partial charge on any atom is -0.267 e. The predicted molar refractivity (Wildman–Crippen MR) is 66.2 cm³/mol. The van der Waals surface area contributed by atoms with Gasteiger partial charge in [0, 0.05) is 30.1 Å². The molecule has 0 bridgehead atoms. The lowest BCUT2D eigenvalue weighted by atomic mass is 10.2. The van der Waals surface area contributed by atoms with Crippen molar-refractivity contribution in [1.82, 2.24) is 15.4 Å². The smallest absolute Gasteiger partial charge is 0.267 e. The number of rotatable bonds is 4. The van der Waals surface area contributed by atoms with E-state index < -0.39 is 10.8 Å². The largest absolute Gasteiger partial charge is 0.269 e. The number of nitrogens with one attached hydrogen (secondary N) is 2. The number of carbonyl (C=O) groups excluding carboxylic acids is 1. The Balaban J connectivity index is 1.98. The first-order valence-corrected chi connectivity index (χ1v) is 5.24. The first kappa shape index (κ1) is 12.4. The van der Waals surface area contributed by atoms with Crippen molar-refractivity contribution in [3.8, 4) is 0 Å². The molecule has 2 aromatic rings. The standard InChI is InChI=1S/C11H9N5O3/c17-10(14-15-11-12-6-1-7-13-11)8-2-4-9(5-3-8)16(18)19/h1-7H,(H,14,17)(H,12,13,15). The number of amides is 1. The van der Waals surface area contributed by atoms with E-state index in [2.05, 4.69) is 20.8 Å². The van der Waals surface area contributed by atoms with E-state index in [9.17, 15) is 14.9 Å². The third kappa shape index (κ3) is 3.22. The van der Waals surface area contributed by atoms with Gasteiger partial charge in [0.25, 0.3) is 11.6 Å². The molecule has 96 valence electrons. The quantitative estimate of drug-likeness (QED) is 0.629. The van der Waals surface area contributed by atoms with Gasteiger partial charge in [-0.05, 0) is 18.2 Å². The van der Waals surface area contributed by atoms with Crippen LogP contribution in [0.2, 0.25) is 0 Å². The fourth-order valence-corrected chi connectivity index (χ4v) is 1.28. The number of carbonyl (C=O) groups is 1. The van der Waals surface area contributed by atoms with Crippen molar-refractivity contribution in [2.75, 3.05) is 5.43 Å². The molecule has 0 aliphatic carbocycles. The van der Waals surface area contributed by atoms with Gasteiger partial charge in [0.05, 0.1) is 4.92 Å². The van der Waals surface area contributed by atoms with Crippen LogP contribution in [0.4, 0.5) is 11.6 Å². The SMILES string of the molecule is O=C(NNc1ncccn1)c1ccc([N+](=O)[O-])cc1. The van der Waals surface area contributed by atoms with Gasteiger partial charge in [0.15, 0.2) is 0 Å². The van der Waals surface area contributed by atoms with Gasteiger partial charge in [0.1, 0.15) is 0 Å². The van der Waals surface area contributed by atoms with Gasteiger partial charge in [-0.1, -0.05) is 0 Å². The second-order valence-corrected chi connectivity index (χ2v) is 3.46. The minimum atomic E-state index is -0.530. The van der Waals surface area contributed by atoms with Crippen LogP contribution in [0.25, 0.3) is 0 Å². The predicted octanol–water partition coefficient (Wildman–Crippen LogP) is 1.14. The molecule has 2 N–H and O–H groups in total. The molecule has 1 amide bonds. The Bertz CT molecular complexity index is 585. The van der Waals surface area contributed by atoms with Crippen LogP contribution in [0.1, 0.15) is 10.4 Å². The van der Waals surface area contributed by atoms with Crippen LogP contribution in [0.3, 0.4) is 0 Å². The number of hydrogen-bond acceptors (Lipinski definition) is 6. The molecule has 0 aliphatic heterocycles. The molecule has 1 aromatic heterocycles. The summed E-state index contributed by atoms with van der Waals surface area (Å²) in [4.78, 5) is 29.3. The second kappa shape index (κ2) is 5.54. The Hall–Kier alpha value is -3.03. The molecule has 0 atom stereocenters. The maximum absolute atomic E-state index is 11.7. The molecule has 1 aromatic carbocycles. The molecular formula is C11H9N5O3. The topological polar surface area (TPSA) is 110 Å². The van der Waals surface area contributed by atoms with Crippen molar-refractivity contribution in [3.05, 3.63) is 58.4 Å². The van der Waals surface area contributed by atoms with Gasteiger partial charge >= 0.3 is 0 Å². The molecule has 0 fully saturated rings. The van der Waals surface area contributed by atoms with Crippen LogP contribution in [-0.4, -0.2) is 20.8 Å². The van der Waals surface area contributed by atoms with E-state index in [1.807, 2.05) is 0 Å². The molecule has 0 saturated carbocycles. The summed E-state index contributed by atoms with van der Waals surface area (Å²) >= 11 is 0. The molecule has 0 unspecified atom stereocenters. The summed E-state index contributed by atoms with van der Waals surface area (Å²) in [6.07, 6.45) is 3.04. The van der Waals surface area contributed by atoms with Gasteiger partial charge in [-0.15, -0.1) is 0 Å². The van der Waals surface area contributed by atoms with Crippen LogP contribution in [-0.2, 0) is 0 Å². The highest BCUT2D eigenvalue weighted by Gasteiger charge is 2.09. The van der Waals surface area contributed by atoms with Crippen molar-refractivity contribution in [3.63, 3.8) is 0 Å². The Morgan fingerprint density at radius 3 is 2.37 bits per heavy atom. The monoisotopic (exact) mass is 259 g/mol. The Labute approximate surface area is 107 Å². The highest BCUT2D eigenvalue weighted by Crippen LogP contribution is 2.11. The van der Waals surface area contributed by atoms with Gasteiger partial charge < -0.3 is 0 Å². The van der Waals surface area contributed by atoms with Crippen LogP contribution in [0.15, 0.2) is 42.7 Å². The molecule has 0 saturated heterocycles. The average molecular weight is 259 g/mol. The van der Waals surface area contributed by atoms with Crippen LogP contribution >= 0.6 is 0 Å². The van der Waals surface area contributed by atoms with Gasteiger partial charge in [-0.3, -0.25) is 25.8 Å². The lowest BCUT2D eigenvalue weighted by Gasteiger charge is -2.06. The van der Waals surface area contributed by atoms with E-state index in [1.165, 1.54) is 36.7 Å². The van der Waals surface area contributed by atoms with E-state index in [-0.39, 0.29) is 17.2 Å². The van der Waals surface area contributed by atoms with Crippen LogP contribution < -0.4 is 10.9 Å².